The van der Waals surface area contributed by atoms with Crippen LogP contribution in [0.1, 0.15) is 37.4 Å². The van der Waals surface area contributed by atoms with Gasteiger partial charge in [0.05, 0.1) is 17.2 Å². The molecule has 8 nitrogen and oxygen atoms in total. The fraction of sp³-hybridized carbons (Fsp3) is 0.524. The smallest absolute Gasteiger partial charge is 0.177 e. The Hall–Kier alpha value is -2.39. The third-order valence-corrected chi connectivity index (χ3v) is 8.10. The second-order valence-corrected chi connectivity index (χ2v) is 10.8. The molecule has 9 heteroatoms. The van der Waals surface area contributed by atoms with Crippen LogP contribution in [-0.2, 0) is 9.84 Å². The molecule has 0 aliphatic carbocycles. The summed E-state index contributed by atoms with van der Waals surface area (Å²) in [5.41, 5.74) is 2.60. The quantitative estimate of drug-likeness (QED) is 0.631. The van der Waals surface area contributed by atoms with Crippen molar-refractivity contribution in [2.24, 2.45) is 5.92 Å². The van der Waals surface area contributed by atoms with Crippen LogP contribution in [0.4, 0.5) is 0 Å². The number of fused-ring (bicyclic) bond motifs is 1. The third kappa shape index (κ3) is 4.09. The molecule has 2 aliphatic rings. The maximum absolute atomic E-state index is 11.6. The van der Waals surface area contributed by atoms with E-state index in [1.807, 2.05) is 35.0 Å². The van der Waals surface area contributed by atoms with Gasteiger partial charge in [-0.3, -0.25) is 4.98 Å². The summed E-state index contributed by atoms with van der Waals surface area (Å²) in [6.07, 6.45) is 7.21. The number of pyridine rings is 1. The molecule has 0 bridgehead atoms. The third-order valence-electron chi connectivity index (χ3n) is 6.39. The first-order chi connectivity index (χ1) is 14.6. The average Bonchev–Trinajstić information content (AvgIpc) is 3.20. The fourth-order valence-electron chi connectivity index (χ4n) is 4.59. The van der Waals surface area contributed by atoms with Gasteiger partial charge in [-0.15, -0.1) is 10.2 Å². The molecule has 2 aliphatic heterocycles. The van der Waals surface area contributed by atoms with Gasteiger partial charge in [-0.2, -0.15) is 9.61 Å². The summed E-state index contributed by atoms with van der Waals surface area (Å²) in [6.45, 7) is 3.02. The zero-order chi connectivity index (χ0) is 20.6. The van der Waals surface area contributed by atoms with Crippen molar-refractivity contribution in [1.82, 2.24) is 29.7 Å². The topological polar surface area (TPSA) is 93.4 Å². The molecular weight excluding hydrogens is 400 g/mol. The van der Waals surface area contributed by atoms with E-state index in [2.05, 4.69) is 20.1 Å². The molecule has 2 saturated heterocycles. The Bertz CT molecular complexity index is 1110. The van der Waals surface area contributed by atoms with Gasteiger partial charge < -0.3 is 4.90 Å². The molecule has 30 heavy (non-hydrogen) atoms. The molecule has 2 fully saturated rings. The minimum atomic E-state index is -2.79. The van der Waals surface area contributed by atoms with Gasteiger partial charge in [-0.05, 0) is 69.0 Å². The Labute approximate surface area is 176 Å². The first-order valence-electron chi connectivity index (χ1n) is 10.6. The monoisotopic (exact) mass is 426 g/mol. The van der Waals surface area contributed by atoms with E-state index < -0.39 is 9.84 Å². The Balaban J connectivity index is 1.26. The Morgan fingerprint density at radius 2 is 1.80 bits per heavy atom. The van der Waals surface area contributed by atoms with E-state index in [0.29, 0.717) is 23.3 Å². The normalized spacial score (nSPS) is 21.2. The molecule has 3 aromatic rings. The van der Waals surface area contributed by atoms with Crippen molar-refractivity contribution < 1.29 is 8.42 Å². The van der Waals surface area contributed by atoms with Gasteiger partial charge in [0.25, 0.3) is 0 Å². The number of rotatable bonds is 4. The van der Waals surface area contributed by atoms with Crippen LogP contribution in [0, 0.1) is 5.92 Å². The molecule has 0 atom stereocenters. The molecule has 0 spiro atoms. The summed E-state index contributed by atoms with van der Waals surface area (Å²) in [5.74, 6) is 2.47. The number of aromatic nitrogens is 5. The van der Waals surface area contributed by atoms with E-state index in [0.717, 1.165) is 68.0 Å². The zero-order valence-corrected chi connectivity index (χ0v) is 17.7. The summed E-state index contributed by atoms with van der Waals surface area (Å²) in [4.78, 5) is 6.67. The standard InChI is InChI=1S/C21H26N6O2S/c28-30(29)12-7-16(8-13-30)15-26-10-5-17(6-11-26)21-24-23-20-4-3-19(25-27(20)21)18-2-1-9-22-14-18/h1-4,9,14,16-17H,5-8,10-13,15H2. The van der Waals surface area contributed by atoms with E-state index in [4.69, 9.17) is 5.10 Å². The summed E-state index contributed by atoms with van der Waals surface area (Å²) in [6, 6.07) is 7.82. The largest absolute Gasteiger partial charge is 0.303 e. The summed E-state index contributed by atoms with van der Waals surface area (Å²) in [5, 5.41) is 13.6. The minimum absolute atomic E-state index is 0.333. The number of hydrogen-bond donors (Lipinski definition) is 0. The van der Waals surface area contributed by atoms with Crippen LogP contribution in [0.3, 0.4) is 0 Å². The highest BCUT2D eigenvalue weighted by atomic mass is 32.2. The van der Waals surface area contributed by atoms with Crippen molar-refractivity contribution >= 4 is 15.5 Å². The second kappa shape index (κ2) is 8.03. The summed E-state index contributed by atoms with van der Waals surface area (Å²) in [7, 11) is -2.79. The summed E-state index contributed by atoms with van der Waals surface area (Å²) < 4.78 is 25.2. The maximum atomic E-state index is 11.6. The second-order valence-electron chi connectivity index (χ2n) is 8.46. The number of likely N-dealkylation sites (tertiary alicyclic amines) is 1. The van der Waals surface area contributed by atoms with Gasteiger partial charge in [0.2, 0.25) is 0 Å². The van der Waals surface area contributed by atoms with Crippen LogP contribution in [0.15, 0.2) is 36.7 Å². The van der Waals surface area contributed by atoms with Gasteiger partial charge in [0, 0.05) is 30.4 Å². The van der Waals surface area contributed by atoms with Crippen molar-refractivity contribution in [3.63, 3.8) is 0 Å². The molecule has 0 radical (unpaired) electrons. The van der Waals surface area contributed by atoms with Gasteiger partial charge >= 0.3 is 0 Å². The first-order valence-corrected chi connectivity index (χ1v) is 12.4. The van der Waals surface area contributed by atoms with Crippen LogP contribution >= 0.6 is 0 Å². The average molecular weight is 427 g/mol. The molecule has 0 aromatic carbocycles. The number of sulfone groups is 1. The molecule has 5 heterocycles. The van der Waals surface area contributed by atoms with Gasteiger partial charge in [-0.1, -0.05) is 0 Å². The van der Waals surface area contributed by atoms with E-state index in [1.54, 1.807) is 6.20 Å². The lowest BCUT2D eigenvalue weighted by atomic mass is 9.94. The first kappa shape index (κ1) is 19.6. The highest BCUT2D eigenvalue weighted by Crippen LogP contribution is 2.29. The van der Waals surface area contributed by atoms with Crippen LogP contribution < -0.4 is 0 Å². The molecule has 3 aromatic heterocycles. The molecular formula is C21H26N6O2S. The highest BCUT2D eigenvalue weighted by Gasteiger charge is 2.29. The maximum Gasteiger partial charge on any atom is 0.177 e. The van der Waals surface area contributed by atoms with Crippen molar-refractivity contribution in [1.29, 1.82) is 0 Å². The van der Waals surface area contributed by atoms with E-state index in [9.17, 15) is 8.42 Å². The Morgan fingerprint density at radius 1 is 1.00 bits per heavy atom. The van der Waals surface area contributed by atoms with Crippen molar-refractivity contribution in [3.8, 4) is 11.3 Å². The highest BCUT2D eigenvalue weighted by molar-refractivity contribution is 7.91. The van der Waals surface area contributed by atoms with Crippen molar-refractivity contribution in [2.45, 2.75) is 31.6 Å². The van der Waals surface area contributed by atoms with Crippen molar-refractivity contribution in [3.05, 3.63) is 42.5 Å². The Morgan fingerprint density at radius 3 is 2.53 bits per heavy atom. The summed E-state index contributed by atoms with van der Waals surface area (Å²) >= 11 is 0. The lowest BCUT2D eigenvalue weighted by Crippen LogP contribution is -2.39. The molecule has 0 unspecified atom stereocenters. The molecule has 0 amide bonds. The van der Waals surface area contributed by atoms with Crippen LogP contribution in [-0.4, -0.2) is 69.3 Å². The Kier molecular flexibility index (Phi) is 5.24. The molecule has 158 valence electrons. The van der Waals surface area contributed by atoms with Crippen molar-refractivity contribution in [2.75, 3.05) is 31.1 Å². The van der Waals surface area contributed by atoms with Crippen LogP contribution in [0.2, 0.25) is 0 Å². The van der Waals surface area contributed by atoms with Gasteiger partial charge in [-0.25, -0.2) is 8.42 Å². The lowest BCUT2D eigenvalue weighted by Gasteiger charge is -2.34. The van der Waals surface area contributed by atoms with Crippen LogP contribution in [0.25, 0.3) is 16.9 Å². The fourth-order valence-corrected chi connectivity index (χ4v) is 6.18. The predicted octanol–water partition coefficient (Wildman–Crippen LogP) is 2.19. The number of piperidine rings is 1. The predicted molar refractivity (Wildman–Crippen MR) is 114 cm³/mol. The molecule has 5 rings (SSSR count). The van der Waals surface area contributed by atoms with Crippen LogP contribution in [0.5, 0.6) is 0 Å². The van der Waals surface area contributed by atoms with E-state index >= 15 is 0 Å². The zero-order valence-electron chi connectivity index (χ0n) is 16.9. The lowest BCUT2D eigenvalue weighted by molar-refractivity contribution is 0.174. The molecule has 0 saturated carbocycles. The molecule has 0 N–H and O–H groups in total. The minimum Gasteiger partial charge on any atom is -0.303 e. The van der Waals surface area contributed by atoms with Gasteiger partial charge in [0.15, 0.2) is 11.5 Å². The van der Waals surface area contributed by atoms with E-state index in [1.165, 1.54) is 0 Å². The number of hydrogen-bond acceptors (Lipinski definition) is 7. The SMILES string of the molecule is O=S1(=O)CCC(CN2CCC(c3nnc4ccc(-c5cccnc5)nn34)CC2)CC1. The van der Waals surface area contributed by atoms with E-state index in [-0.39, 0.29) is 0 Å². The van der Waals surface area contributed by atoms with Gasteiger partial charge in [0.1, 0.15) is 9.84 Å². The number of nitrogens with zero attached hydrogens (tertiary/aromatic N) is 6.